The minimum Gasteiger partial charge on any atom is -0.356 e. The van der Waals surface area contributed by atoms with Gasteiger partial charge in [0.15, 0.2) is 5.96 Å². The molecule has 0 amide bonds. The van der Waals surface area contributed by atoms with E-state index in [1.807, 2.05) is 6.07 Å². The van der Waals surface area contributed by atoms with Gasteiger partial charge in [-0.1, -0.05) is 44.2 Å². The second-order valence-electron chi connectivity index (χ2n) is 6.60. The average molecular weight is 412 g/mol. The largest absolute Gasteiger partial charge is 0.356 e. The molecule has 0 aliphatic heterocycles. The lowest BCUT2D eigenvalue weighted by Crippen LogP contribution is -2.44. The van der Waals surface area contributed by atoms with Gasteiger partial charge in [-0.2, -0.15) is 0 Å². The van der Waals surface area contributed by atoms with Crippen molar-refractivity contribution in [2.24, 2.45) is 4.99 Å². The van der Waals surface area contributed by atoms with Crippen LogP contribution in [0.3, 0.4) is 0 Å². The number of aliphatic imine (C=N–C) groups is 1. The number of nitrogens with one attached hydrogen (secondary N) is 2. The Morgan fingerprint density at radius 1 is 1.11 bits per heavy atom. The van der Waals surface area contributed by atoms with Crippen LogP contribution in [0.1, 0.15) is 38.8 Å². The van der Waals surface area contributed by atoms with E-state index in [1.165, 1.54) is 9.87 Å². The molecule has 7 nitrogen and oxygen atoms in total. The monoisotopic (exact) mass is 411 g/mol. The van der Waals surface area contributed by atoms with E-state index < -0.39 is 10.0 Å². The molecule has 0 saturated carbocycles. The highest BCUT2D eigenvalue weighted by molar-refractivity contribution is 7.89. The molecule has 1 unspecified atom stereocenters. The number of guanidine groups is 1. The van der Waals surface area contributed by atoms with Crippen molar-refractivity contribution in [2.45, 2.75) is 33.2 Å². The molecule has 0 fully saturated rings. The van der Waals surface area contributed by atoms with Crippen molar-refractivity contribution < 1.29 is 8.42 Å². The summed E-state index contributed by atoms with van der Waals surface area (Å²) < 4.78 is 25.0. The van der Waals surface area contributed by atoms with E-state index in [9.17, 15) is 8.42 Å². The van der Waals surface area contributed by atoms with E-state index in [0.29, 0.717) is 19.5 Å². The molecule has 0 spiro atoms. The van der Waals surface area contributed by atoms with Crippen LogP contribution in [-0.4, -0.2) is 76.2 Å². The van der Waals surface area contributed by atoms with Crippen LogP contribution in [0, 0.1) is 0 Å². The first-order chi connectivity index (χ1) is 13.4. The molecule has 0 aliphatic rings. The second-order valence-corrected chi connectivity index (χ2v) is 8.97. The Morgan fingerprint density at radius 3 is 2.29 bits per heavy atom. The molecule has 0 bridgehead atoms. The molecule has 0 heterocycles. The van der Waals surface area contributed by atoms with E-state index >= 15 is 0 Å². The Hall–Kier alpha value is -1.64. The summed E-state index contributed by atoms with van der Waals surface area (Å²) in [5.74, 6) is 0.862. The van der Waals surface area contributed by atoms with Gasteiger partial charge in [0.1, 0.15) is 0 Å². The van der Waals surface area contributed by atoms with Crippen molar-refractivity contribution in [1.29, 1.82) is 0 Å². The third kappa shape index (κ3) is 7.77. The Morgan fingerprint density at radius 2 is 1.75 bits per heavy atom. The maximum absolute atomic E-state index is 11.8. The minimum atomic E-state index is -3.12. The van der Waals surface area contributed by atoms with Gasteiger partial charge in [-0.05, 0) is 32.0 Å². The van der Waals surface area contributed by atoms with Crippen LogP contribution in [0.2, 0.25) is 0 Å². The van der Waals surface area contributed by atoms with Gasteiger partial charge in [0.05, 0.1) is 11.8 Å². The maximum atomic E-state index is 11.8. The number of rotatable bonds is 12. The summed E-state index contributed by atoms with van der Waals surface area (Å²) in [4.78, 5) is 6.71. The number of hydrogen-bond donors (Lipinski definition) is 2. The highest BCUT2D eigenvalue weighted by Gasteiger charge is 2.18. The lowest BCUT2D eigenvalue weighted by Gasteiger charge is -2.30. The minimum absolute atomic E-state index is 0.131. The summed E-state index contributed by atoms with van der Waals surface area (Å²) in [7, 11) is 0.256. The third-order valence-electron chi connectivity index (χ3n) is 4.91. The van der Waals surface area contributed by atoms with Gasteiger partial charge in [-0.15, -0.1) is 0 Å². The lowest BCUT2D eigenvalue weighted by molar-refractivity contribution is 0.219. The molecular weight excluding hydrogens is 374 g/mol. The zero-order chi connectivity index (χ0) is 21.0. The molecule has 28 heavy (non-hydrogen) atoms. The fourth-order valence-corrected chi connectivity index (χ4v) is 3.93. The Labute approximate surface area is 171 Å². The number of likely N-dealkylation sites (N-methyl/N-ethyl adjacent to an activating group) is 1. The van der Waals surface area contributed by atoms with E-state index in [-0.39, 0.29) is 11.8 Å². The topological polar surface area (TPSA) is 77.0 Å². The molecule has 1 rings (SSSR count). The van der Waals surface area contributed by atoms with Crippen molar-refractivity contribution in [3.8, 4) is 0 Å². The van der Waals surface area contributed by atoms with E-state index in [4.69, 9.17) is 0 Å². The normalized spacial score (nSPS) is 13.8. The molecular formula is C20H37N5O2S. The predicted molar refractivity (Wildman–Crippen MR) is 118 cm³/mol. The Balaban J connectivity index is 2.56. The van der Waals surface area contributed by atoms with Crippen LogP contribution < -0.4 is 10.6 Å². The van der Waals surface area contributed by atoms with E-state index in [2.05, 4.69) is 58.6 Å². The second kappa shape index (κ2) is 12.7. The van der Waals surface area contributed by atoms with Crippen LogP contribution in [0.4, 0.5) is 0 Å². The van der Waals surface area contributed by atoms with Crippen LogP contribution in [-0.2, 0) is 10.0 Å². The summed E-state index contributed by atoms with van der Waals surface area (Å²) in [6.07, 6.45) is 0.717. The average Bonchev–Trinajstić information content (AvgIpc) is 2.72. The Kier molecular flexibility index (Phi) is 11.1. The zero-order valence-corrected chi connectivity index (χ0v) is 18.8. The van der Waals surface area contributed by atoms with Crippen LogP contribution in [0.25, 0.3) is 0 Å². The zero-order valence-electron chi connectivity index (χ0n) is 18.0. The smallest absolute Gasteiger partial charge is 0.213 e. The quantitative estimate of drug-likeness (QED) is 0.312. The number of nitrogens with zero attached hydrogens (tertiary/aromatic N) is 3. The first-order valence-corrected chi connectivity index (χ1v) is 11.7. The van der Waals surface area contributed by atoms with Gasteiger partial charge in [-0.3, -0.25) is 9.89 Å². The maximum Gasteiger partial charge on any atom is 0.213 e. The van der Waals surface area contributed by atoms with E-state index in [0.717, 1.165) is 25.6 Å². The first kappa shape index (κ1) is 24.4. The molecule has 1 atom stereocenters. The fraction of sp³-hybridized carbons (Fsp3) is 0.650. The highest BCUT2D eigenvalue weighted by Crippen LogP contribution is 2.19. The van der Waals surface area contributed by atoms with Crippen LogP contribution in [0.15, 0.2) is 35.3 Å². The molecule has 1 aromatic carbocycles. The third-order valence-corrected chi connectivity index (χ3v) is 6.77. The summed E-state index contributed by atoms with van der Waals surface area (Å²) in [5, 5.41) is 6.69. The highest BCUT2D eigenvalue weighted by atomic mass is 32.2. The van der Waals surface area contributed by atoms with E-state index in [1.54, 1.807) is 21.0 Å². The Bertz CT molecular complexity index is 675. The van der Waals surface area contributed by atoms with Crippen molar-refractivity contribution in [1.82, 2.24) is 19.8 Å². The molecule has 0 radical (unpaired) electrons. The molecule has 2 N–H and O–H groups in total. The molecule has 0 saturated heterocycles. The summed E-state index contributed by atoms with van der Waals surface area (Å²) in [6.45, 7) is 9.85. The van der Waals surface area contributed by atoms with Crippen molar-refractivity contribution in [2.75, 3.05) is 52.6 Å². The molecule has 8 heteroatoms. The fourth-order valence-electron chi connectivity index (χ4n) is 3.08. The standard InChI is InChI=1S/C20H37N5O2S/c1-6-25(7-2)19(18-13-10-9-11-14-18)17-23-20(21-4)22-15-12-16-24(5)28(26,27)8-3/h9-11,13-14,19H,6-8,12,15-17H2,1-5H3,(H2,21,22,23). The van der Waals surface area contributed by atoms with Gasteiger partial charge >= 0.3 is 0 Å². The van der Waals surface area contributed by atoms with Gasteiger partial charge in [0, 0.05) is 33.7 Å². The number of hydrogen-bond acceptors (Lipinski definition) is 4. The van der Waals surface area contributed by atoms with Gasteiger partial charge in [-0.25, -0.2) is 12.7 Å². The molecule has 0 aliphatic carbocycles. The lowest BCUT2D eigenvalue weighted by atomic mass is 10.1. The van der Waals surface area contributed by atoms with Gasteiger partial charge in [0.2, 0.25) is 10.0 Å². The van der Waals surface area contributed by atoms with Crippen molar-refractivity contribution in [3.05, 3.63) is 35.9 Å². The first-order valence-electron chi connectivity index (χ1n) is 10.1. The van der Waals surface area contributed by atoms with Gasteiger partial charge in [0.25, 0.3) is 0 Å². The predicted octanol–water partition coefficient (Wildman–Crippen LogP) is 1.91. The van der Waals surface area contributed by atoms with Crippen LogP contribution >= 0.6 is 0 Å². The summed E-state index contributed by atoms with van der Waals surface area (Å²) >= 11 is 0. The van der Waals surface area contributed by atoms with Crippen molar-refractivity contribution in [3.63, 3.8) is 0 Å². The van der Waals surface area contributed by atoms with Crippen molar-refractivity contribution >= 4 is 16.0 Å². The summed E-state index contributed by atoms with van der Waals surface area (Å²) in [5.41, 5.74) is 1.28. The molecule has 1 aromatic rings. The van der Waals surface area contributed by atoms with Crippen LogP contribution in [0.5, 0.6) is 0 Å². The van der Waals surface area contributed by atoms with Gasteiger partial charge < -0.3 is 10.6 Å². The summed E-state index contributed by atoms with van der Waals surface area (Å²) in [6, 6.07) is 10.7. The SMILES string of the molecule is CCN(CC)C(CNC(=NC)NCCCN(C)S(=O)(=O)CC)c1ccccc1. The molecule has 0 aromatic heterocycles. The number of benzene rings is 1. The molecule has 160 valence electrons. The number of sulfonamides is 1.